The molecule has 0 bridgehead atoms. The number of carbonyl (C=O) groups is 1. The first kappa shape index (κ1) is 18.0. The topological polar surface area (TPSA) is 72.7 Å². The molecule has 3 aromatic carbocycles. The van der Waals surface area contributed by atoms with Crippen LogP contribution < -0.4 is 4.74 Å². The van der Waals surface area contributed by atoms with Crippen LogP contribution in [0.15, 0.2) is 60.7 Å². The Morgan fingerprint density at radius 1 is 1.14 bits per heavy atom. The predicted molar refractivity (Wildman–Crippen MR) is 107 cm³/mol. The van der Waals surface area contributed by atoms with Gasteiger partial charge in [0.25, 0.3) is 5.91 Å². The number of nitro groups is 1. The number of amides is 1. The zero-order chi connectivity index (χ0) is 19.7. The van der Waals surface area contributed by atoms with E-state index in [0.717, 1.165) is 29.2 Å². The van der Waals surface area contributed by atoms with Crippen LogP contribution >= 0.6 is 0 Å². The van der Waals surface area contributed by atoms with E-state index in [1.165, 1.54) is 19.2 Å². The summed E-state index contributed by atoms with van der Waals surface area (Å²) in [4.78, 5) is 25.8. The number of likely N-dealkylation sites (tertiary alicyclic amines) is 1. The van der Waals surface area contributed by atoms with E-state index in [1.807, 2.05) is 23.1 Å². The summed E-state index contributed by atoms with van der Waals surface area (Å²) >= 11 is 0. The molecule has 3 aromatic rings. The number of nitrogens with zero attached hydrogens (tertiary/aromatic N) is 2. The average molecular weight is 376 g/mol. The van der Waals surface area contributed by atoms with E-state index in [-0.39, 0.29) is 23.4 Å². The quantitative estimate of drug-likeness (QED) is 0.487. The molecule has 1 saturated heterocycles. The summed E-state index contributed by atoms with van der Waals surface area (Å²) in [6.07, 6.45) is 1.77. The molecule has 1 fully saturated rings. The molecule has 1 aliphatic rings. The number of methoxy groups -OCH3 is 1. The molecule has 6 nitrogen and oxygen atoms in total. The van der Waals surface area contributed by atoms with E-state index >= 15 is 0 Å². The highest BCUT2D eigenvalue weighted by Crippen LogP contribution is 2.37. The summed E-state index contributed by atoms with van der Waals surface area (Å²) in [5, 5.41) is 13.6. The first-order valence-corrected chi connectivity index (χ1v) is 9.21. The average Bonchev–Trinajstić information content (AvgIpc) is 3.21. The van der Waals surface area contributed by atoms with Crippen molar-refractivity contribution in [2.45, 2.75) is 18.9 Å². The lowest BCUT2D eigenvalue weighted by atomic mass is 9.97. The monoisotopic (exact) mass is 376 g/mol. The minimum absolute atomic E-state index is 0.0419. The van der Waals surface area contributed by atoms with Crippen LogP contribution in [0.3, 0.4) is 0 Å². The molecule has 0 aliphatic carbocycles. The van der Waals surface area contributed by atoms with E-state index in [9.17, 15) is 14.9 Å². The Bertz CT molecular complexity index is 1060. The van der Waals surface area contributed by atoms with Crippen molar-refractivity contribution in [1.82, 2.24) is 4.90 Å². The molecule has 4 rings (SSSR count). The lowest BCUT2D eigenvalue weighted by molar-refractivity contribution is -0.385. The largest absolute Gasteiger partial charge is 0.490 e. The fourth-order valence-electron chi connectivity index (χ4n) is 4.01. The molecule has 1 aliphatic heterocycles. The minimum Gasteiger partial charge on any atom is -0.490 e. The lowest BCUT2D eigenvalue weighted by Crippen LogP contribution is -2.30. The molecule has 1 unspecified atom stereocenters. The van der Waals surface area contributed by atoms with E-state index in [2.05, 4.69) is 24.3 Å². The van der Waals surface area contributed by atoms with Gasteiger partial charge < -0.3 is 9.64 Å². The Balaban J connectivity index is 1.71. The second kappa shape index (κ2) is 7.31. The maximum absolute atomic E-state index is 13.2. The Labute approximate surface area is 162 Å². The van der Waals surface area contributed by atoms with Crippen molar-refractivity contribution in [2.75, 3.05) is 13.7 Å². The van der Waals surface area contributed by atoms with E-state index in [4.69, 9.17) is 4.74 Å². The second-order valence-corrected chi connectivity index (χ2v) is 6.87. The van der Waals surface area contributed by atoms with Crippen LogP contribution in [0.2, 0.25) is 0 Å². The standard InChI is InChI=1S/C22H20N2O4/c1-28-21-12-11-16(14-20(21)24(26)27)22(25)23-13-5-10-19(23)18-9-4-7-15-6-2-3-8-17(15)18/h2-4,6-9,11-12,14,19H,5,10,13H2,1H3. The number of carbonyl (C=O) groups excluding carboxylic acids is 1. The molecule has 1 amide bonds. The molecule has 6 heteroatoms. The van der Waals surface area contributed by atoms with Crippen LogP contribution in [-0.2, 0) is 0 Å². The van der Waals surface area contributed by atoms with Gasteiger partial charge >= 0.3 is 5.69 Å². The summed E-state index contributed by atoms with van der Waals surface area (Å²) in [7, 11) is 1.38. The lowest BCUT2D eigenvalue weighted by Gasteiger charge is -2.26. The third-order valence-corrected chi connectivity index (χ3v) is 5.32. The third kappa shape index (κ3) is 3.07. The van der Waals surface area contributed by atoms with Gasteiger partial charge in [0.05, 0.1) is 18.1 Å². The number of ether oxygens (including phenoxy) is 1. The van der Waals surface area contributed by atoms with Gasteiger partial charge in [-0.05, 0) is 41.3 Å². The van der Waals surface area contributed by atoms with Gasteiger partial charge in [-0.25, -0.2) is 0 Å². The van der Waals surface area contributed by atoms with Crippen molar-refractivity contribution in [3.8, 4) is 5.75 Å². The van der Waals surface area contributed by atoms with Gasteiger partial charge in [-0.2, -0.15) is 0 Å². The summed E-state index contributed by atoms with van der Waals surface area (Å²) in [6.45, 7) is 0.631. The molecule has 0 N–H and O–H groups in total. The van der Waals surface area contributed by atoms with Crippen molar-refractivity contribution in [1.29, 1.82) is 0 Å². The van der Waals surface area contributed by atoms with E-state index < -0.39 is 4.92 Å². The number of hydrogen-bond donors (Lipinski definition) is 0. The van der Waals surface area contributed by atoms with Gasteiger partial charge in [0.2, 0.25) is 0 Å². The molecule has 1 atom stereocenters. The molecular formula is C22H20N2O4. The van der Waals surface area contributed by atoms with Crippen molar-refractivity contribution >= 4 is 22.4 Å². The molecule has 1 heterocycles. The number of benzene rings is 3. The van der Waals surface area contributed by atoms with Crippen molar-refractivity contribution in [2.24, 2.45) is 0 Å². The number of nitro benzene ring substituents is 1. The fraction of sp³-hybridized carbons (Fsp3) is 0.227. The molecular weight excluding hydrogens is 356 g/mol. The van der Waals surface area contributed by atoms with Crippen molar-refractivity contribution in [3.63, 3.8) is 0 Å². The van der Waals surface area contributed by atoms with Crippen LogP contribution in [0.1, 0.15) is 34.8 Å². The first-order valence-electron chi connectivity index (χ1n) is 9.21. The van der Waals surface area contributed by atoms with Gasteiger partial charge in [0.1, 0.15) is 0 Å². The van der Waals surface area contributed by atoms with Crippen molar-refractivity contribution < 1.29 is 14.5 Å². The van der Waals surface area contributed by atoms with Gasteiger partial charge in [-0.1, -0.05) is 42.5 Å². The highest BCUT2D eigenvalue weighted by Gasteiger charge is 2.32. The smallest absolute Gasteiger partial charge is 0.311 e. The van der Waals surface area contributed by atoms with Gasteiger partial charge in [-0.3, -0.25) is 14.9 Å². The van der Waals surface area contributed by atoms with E-state index in [1.54, 1.807) is 6.07 Å². The molecule has 142 valence electrons. The second-order valence-electron chi connectivity index (χ2n) is 6.87. The maximum Gasteiger partial charge on any atom is 0.311 e. The first-order chi connectivity index (χ1) is 13.6. The molecule has 0 spiro atoms. The zero-order valence-corrected chi connectivity index (χ0v) is 15.5. The Morgan fingerprint density at radius 3 is 2.71 bits per heavy atom. The number of hydrogen-bond acceptors (Lipinski definition) is 4. The normalized spacial score (nSPS) is 16.3. The number of rotatable bonds is 4. The Kier molecular flexibility index (Phi) is 4.69. The van der Waals surface area contributed by atoms with Gasteiger partial charge in [0, 0.05) is 18.2 Å². The van der Waals surface area contributed by atoms with Crippen LogP contribution in [0.4, 0.5) is 5.69 Å². The predicted octanol–water partition coefficient (Wildman–Crippen LogP) is 4.73. The molecule has 0 saturated carbocycles. The molecule has 0 aromatic heterocycles. The van der Waals surface area contributed by atoms with Crippen molar-refractivity contribution in [3.05, 3.63) is 81.9 Å². The summed E-state index contributed by atoms with van der Waals surface area (Å²) < 4.78 is 5.04. The third-order valence-electron chi connectivity index (χ3n) is 5.32. The van der Waals surface area contributed by atoms with E-state index in [0.29, 0.717) is 12.1 Å². The summed E-state index contributed by atoms with van der Waals surface area (Å²) in [6, 6.07) is 18.6. The Morgan fingerprint density at radius 2 is 1.93 bits per heavy atom. The Hall–Kier alpha value is -3.41. The SMILES string of the molecule is COc1ccc(C(=O)N2CCCC2c2cccc3ccccc23)cc1[N+](=O)[O-]. The molecule has 0 radical (unpaired) electrons. The zero-order valence-electron chi connectivity index (χ0n) is 15.5. The van der Waals surface area contributed by atoms with Gasteiger partial charge in [-0.15, -0.1) is 0 Å². The van der Waals surface area contributed by atoms with Crippen LogP contribution in [0.5, 0.6) is 5.75 Å². The number of fused-ring (bicyclic) bond motifs is 1. The van der Waals surface area contributed by atoms with Crippen LogP contribution in [0, 0.1) is 10.1 Å². The highest BCUT2D eigenvalue weighted by molar-refractivity contribution is 5.96. The highest BCUT2D eigenvalue weighted by atomic mass is 16.6. The minimum atomic E-state index is -0.526. The maximum atomic E-state index is 13.2. The fourth-order valence-corrected chi connectivity index (χ4v) is 4.01. The summed E-state index contributed by atoms with van der Waals surface area (Å²) in [5.74, 6) is -0.0465. The molecule has 28 heavy (non-hydrogen) atoms. The van der Waals surface area contributed by atoms with Crippen LogP contribution in [-0.4, -0.2) is 29.4 Å². The van der Waals surface area contributed by atoms with Crippen LogP contribution in [0.25, 0.3) is 10.8 Å². The van der Waals surface area contributed by atoms with Gasteiger partial charge in [0.15, 0.2) is 5.75 Å². The summed E-state index contributed by atoms with van der Waals surface area (Å²) in [5.41, 5.74) is 1.22.